The zero-order chi connectivity index (χ0) is 65.7. The summed E-state index contributed by atoms with van der Waals surface area (Å²) in [5.74, 6) is -10.1. The molecule has 472 valence electrons. The predicted octanol–water partition coefficient (Wildman–Crippen LogP) is -1.14. The van der Waals surface area contributed by atoms with Crippen LogP contribution in [-0.4, -0.2) is 241 Å². The van der Waals surface area contributed by atoms with Gasteiger partial charge in [-0.3, -0.25) is 29.0 Å². The topological polar surface area (TPSA) is 466 Å². The summed E-state index contributed by atoms with van der Waals surface area (Å²) < 4.78 is 91.4. The molecule has 0 radical (unpaired) electrons. The number of hydrogen-bond acceptors (Lipinski definition) is 25. The number of β-lactam (4-membered cyclic amide) rings is 2. The van der Waals surface area contributed by atoms with Crippen LogP contribution >= 0.6 is 46.2 Å². The maximum Gasteiger partial charge on any atom is 0.485 e. The molecule has 4 aliphatic heterocycles. The second-order valence-corrected chi connectivity index (χ2v) is 26.0. The molecule has 0 aromatic carbocycles. The predicted molar refractivity (Wildman–Crippen MR) is 284 cm³/mol. The molecule has 0 saturated carbocycles. The molecule has 0 spiro atoms. The standard InChI is InChI=1S/2C20H26N6O7S2.C2HF3O2.CHF3O3S/c2*1-20(2,18(31)32)33-24-12(9-7-35-19(21)22-9)15(27)23-13-10-8-34-11(6-26(3,4)5)14(17(29)30)25(10)16(13)28;3-2(4,5)1(6)7;2-1(3,4)8(5,6)7/h2*7,10,13H,6,8H2,1-5H3,(H4-,21,22,23,27,29,30,31,32);(H,6,7);(H,5,6,7). The summed E-state index contributed by atoms with van der Waals surface area (Å²) in [6.45, 7) is 5.87. The van der Waals surface area contributed by atoms with E-state index in [1.54, 1.807) is 0 Å². The zero-order valence-corrected chi connectivity index (χ0v) is 49.8. The molecule has 4 amide bonds. The second-order valence-electron chi connectivity index (χ2n) is 20.6. The monoisotopic (exact) mass is 1320 g/mol. The Morgan fingerprint density at radius 2 is 0.976 bits per heavy atom. The largest absolute Gasteiger partial charge is 0.741 e. The normalized spacial score (nSPS) is 19.4. The van der Waals surface area contributed by atoms with Crippen molar-refractivity contribution in [1.29, 1.82) is 0 Å². The first-order chi connectivity index (χ1) is 38.4. The molecule has 6 rings (SSSR count). The van der Waals surface area contributed by atoms with Gasteiger partial charge >= 0.3 is 35.6 Å². The molecule has 2 aromatic rings. The summed E-state index contributed by atoms with van der Waals surface area (Å²) in [4.78, 5) is 129. The van der Waals surface area contributed by atoms with E-state index < -0.39 is 111 Å². The number of quaternary nitrogens is 2. The van der Waals surface area contributed by atoms with E-state index in [-0.39, 0.29) is 44.5 Å². The van der Waals surface area contributed by atoms with Crippen molar-refractivity contribution in [3.8, 4) is 0 Å². The number of carbonyl (C=O) groups excluding carboxylic acids is 5. The van der Waals surface area contributed by atoms with E-state index >= 15 is 0 Å². The first kappa shape index (κ1) is 71.9. The highest BCUT2D eigenvalue weighted by molar-refractivity contribution is 8.03. The average Bonchev–Trinajstić information content (AvgIpc) is 1.17. The lowest BCUT2D eigenvalue weighted by Crippen LogP contribution is -2.73. The van der Waals surface area contributed by atoms with Crippen LogP contribution in [0.25, 0.3) is 0 Å². The Balaban J connectivity index is 0.000000358. The van der Waals surface area contributed by atoms with Gasteiger partial charge in [-0.1, -0.05) is 10.3 Å². The highest BCUT2D eigenvalue weighted by Gasteiger charge is 2.56. The van der Waals surface area contributed by atoms with Gasteiger partial charge < -0.3 is 75.6 Å². The minimum absolute atomic E-state index is 0.0455. The molecule has 4 atom stereocenters. The maximum absolute atomic E-state index is 13.1. The molecule has 4 unspecified atom stereocenters. The van der Waals surface area contributed by atoms with Crippen LogP contribution in [0.15, 0.2) is 42.3 Å². The van der Waals surface area contributed by atoms with Crippen LogP contribution < -0.4 is 27.2 Å². The third kappa shape index (κ3) is 19.1. The third-order valence-corrected chi connectivity index (χ3v) is 15.0. The van der Waals surface area contributed by atoms with Crippen LogP contribution in [0, 0.1) is 0 Å². The van der Waals surface area contributed by atoms with Crippen molar-refractivity contribution < 1.29 is 127 Å². The minimum Gasteiger partial charge on any atom is -0.741 e. The molecular weight excluding hydrogens is 1260 g/mol. The smallest absolute Gasteiger partial charge is 0.485 e. The van der Waals surface area contributed by atoms with E-state index in [0.29, 0.717) is 43.4 Å². The van der Waals surface area contributed by atoms with E-state index in [1.807, 2.05) is 42.3 Å². The van der Waals surface area contributed by atoms with Gasteiger partial charge in [-0.05, 0) is 27.7 Å². The molecule has 10 N–H and O–H groups in total. The van der Waals surface area contributed by atoms with Crippen molar-refractivity contribution in [2.24, 2.45) is 10.3 Å². The molecule has 0 aliphatic carbocycles. The number of rotatable bonds is 18. The number of alkyl halides is 6. The van der Waals surface area contributed by atoms with Crippen molar-refractivity contribution in [3.05, 3.63) is 43.4 Å². The molecule has 42 heteroatoms. The van der Waals surface area contributed by atoms with Gasteiger partial charge in [0.05, 0.1) is 64.2 Å². The number of thioether (sulfide) groups is 2. The number of carboxylic acid groups (broad SMARTS) is 5. The van der Waals surface area contributed by atoms with Gasteiger partial charge in [-0.25, -0.2) is 37.6 Å². The number of nitrogens with one attached hydrogen (secondary N) is 2. The van der Waals surface area contributed by atoms with Gasteiger partial charge in [-0.2, -0.15) is 26.3 Å². The fraction of sp³-hybridized carbons (Fsp3) is 0.512. The summed E-state index contributed by atoms with van der Waals surface area (Å²) in [5, 5.41) is 62.6. The second kappa shape index (κ2) is 26.9. The quantitative estimate of drug-likeness (QED) is 0.0166. The lowest BCUT2D eigenvalue weighted by atomic mass is 9.94. The molecule has 31 nitrogen and oxygen atoms in total. The number of thiazole rings is 2. The molecule has 2 fully saturated rings. The van der Waals surface area contributed by atoms with Gasteiger partial charge in [0.15, 0.2) is 31.8 Å². The molecular formula is C43H54F6N12O19S5. The number of halogens is 6. The number of nitrogens with zero attached hydrogens (tertiary/aromatic N) is 8. The Bertz CT molecular complexity index is 3050. The fourth-order valence-corrected chi connectivity index (χ4v) is 10.8. The van der Waals surface area contributed by atoms with Crippen LogP contribution in [0.3, 0.4) is 0 Å². The third-order valence-electron chi connectivity index (χ3n) is 10.8. The molecule has 2 aromatic heterocycles. The van der Waals surface area contributed by atoms with Gasteiger partial charge in [0, 0.05) is 22.3 Å². The lowest BCUT2D eigenvalue weighted by molar-refractivity contribution is -0.864. The minimum atomic E-state index is -6.09. The van der Waals surface area contributed by atoms with Crippen molar-refractivity contribution in [2.75, 3.05) is 78.3 Å². The van der Waals surface area contributed by atoms with Crippen molar-refractivity contribution in [1.82, 2.24) is 30.4 Å². The van der Waals surface area contributed by atoms with Crippen LogP contribution in [0.4, 0.5) is 36.6 Å². The van der Waals surface area contributed by atoms with Crippen LogP contribution in [0.2, 0.25) is 0 Å². The first-order valence-electron chi connectivity index (χ1n) is 23.2. The molecule has 2 saturated heterocycles. The van der Waals surface area contributed by atoms with Gasteiger partial charge in [0.2, 0.25) is 11.2 Å². The Kier molecular flexibility index (Phi) is 22.7. The van der Waals surface area contributed by atoms with E-state index in [1.165, 1.54) is 71.8 Å². The summed E-state index contributed by atoms with van der Waals surface area (Å²) >= 11 is 4.75. The number of nitrogens with two attached hydrogens (primary N) is 2. The number of oxime groups is 2. The van der Waals surface area contributed by atoms with E-state index in [2.05, 4.69) is 30.9 Å². The summed E-state index contributed by atoms with van der Waals surface area (Å²) in [7, 11) is 5.41. The average molecular weight is 1320 g/mol. The maximum atomic E-state index is 13.1. The summed E-state index contributed by atoms with van der Waals surface area (Å²) in [6.07, 6.45) is -5.19. The number of carboxylic acids is 5. The number of amides is 4. The number of aliphatic carboxylic acids is 5. The number of aromatic nitrogens is 2. The Morgan fingerprint density at radius 3 is 1.19 bits per heavy atom. The Labute approximate surface area is 493 Å². The number of carbonyl (C=O) groups is 9. The van der Waals surface area contributed by atoms with Crippen LogP contribution in [0.1, 0.15) is 39.1 Å². The Morgan fingerprint density at radius 1 is 0.682 bits per heavy atom. The van der Waals surface area contributed by atoms with E-state index in [9.17, 15) is 85.1 Å². The highest BCUT2D eigenvalue weighted by Crippen LogP contribution is 2.41. The highest BCUT2D eigenvalue weighted by atomic mass is 32.2. The first-order valence-corrected chi connectivity index (χ1v) is 28.4. The summed E-state index contributed by atoms with van der Waals surface area (Å²) in [6, 6.07) is -3.14. The van der Waals surface area contributed by atoms with Crippen LogP contribution in [-0.2, 0) is 62.9 Å². The van der Waals surface area contributed by atoms with Gasteiger partial charge in [0.25, 0.3) is 23.6 Å². The molecule has 4 aliphatic rings. The fourth-order valence-electron chi connectivity index (χ4n) is 6.64. The van der Waals surface area contributed by atoms with Crippen molar-refractivity contribution in [3.63, 3.8) is 0 Å². The Hall–Kier alpha value is -7.38. The summed E-state index contributed by atoms with van der Waals surface area (Å²) in [5.41, 5.74) is 1.40. The lowest BCUT2D eigenvalue weighted by Gasteiger charge is -2.50. The molecule has 6 heterocycles. The SMILES string of the molecule is CC(C)(ON=C(C(=O)NC1C(=O)N2C(C(=O)O)=C(C[N+](C)(C)C)SCC12)c1csc(N)n1)C(=O)O.CC(C)(ON=C(C(=O)NC1C(=O)N2C(C(=O)O)=C(C[N+](C)(C)C)SCC12)c1csc(N)n1)C(=O)O.O=C([O-])C(F)(F)F.O=S(=O)([O-])C(F)(F)F. The van der Waals surface area contributed by atoms with Gasteiger partial charge in [-0.15, -0.1) is 46.2 Å². The van der Waals surface area contributed by atoms with Crippen LogP contribution in [0.5, 0.6) is 0 Å². The van der Waals surface area contributed by atoms with Crippen molar-refractivity contribution >= 4 is 131 Å². The zero-order valence-electron chi connectivity index (χ0n) is 45.7. The number of nitrogen functional groups attached to an aromatic ring is 2. The van der Waals surface area contributed by atoms with E-state index in [0.717, 1.165) is 22.7 Å². The van der Waals surface area contributed by atoms with Gasteiger partial charge in [0.1, 0.15) is 53.9 Å². The molecule has 85 heavy (non-hydrogen) atoms. The number of hydrogen-bond donors (Lipinski definition) is 8. The number of likely N-dealkylation sites (N-methyl/N-ethyl adjacent to an activating group) is 2. The van der Waals surface area contributed by atoms with Crippen molar-refractivity contribution in [2.45, 2.75) is 74.7 Å². The number of anilines is 2. The number of fused-ring (bicyclic) bond motifs is 2. The van der Waals surface area contributed by atoms with E-state index in [4.69, 9.17) is 44.0 Å². The molecule has 0 bridgehead atoms.